The van der Waals surface area contributed by atoms with Crippen LogP contribution in [0.2, 0.25) is 0 Å². The second-order valence-electron chi connectivity index (χ2n) is 2.54. The molecule has 11 heavy (non-hydrogen) atoms. The van der Waals surface area contributed by atoms with Gasteiger partial charge in [0, 0.05) is 25.5 Å². The topological polar surface area (TPSA) is 29.0 Å². The van der Waals surface area contributed by atoms with Gasteiger partial charge in [-0.3, -0.25) is 0 Å². The predicted molar refractivity (Wildman–Crippen MR) is 46.6 cm³/mol. The van der Waals surface area contributed by atoms with Crippen LogP contribution in [0.4, 0.5) is 5.95 Å². The number of aromatic nitrogens is 2. The van der Waals surface area contributed by atoms with Crippen LogP contribution < -0.4 is 4.90 Å². The van der Waals surface area contributed by atoms with Crippen LogP contribution in [0.1, 0.15) is 6.42 Å². The fourth-order valence-corrected chi connectivity index (χ4v) is 1.19. The maximum Gasteiger partial charge on any atom is 0.225 e. The van der Waals surface area contributed by atoms with Crippen molar-refractivity contribution in [3.05, 3.63) is 16.9 Å². The standard InChI is InChI=1S/C7H8BrN3/c8-6-4-9-7(10-5-6)11-2-1-3-11/h4-5H,1-3H2. The minimum Gasteiger partial charge on any atom is -0.341 e. The maximum atomic E-state index is 4.17. The fourth-order valence-electron chi connectivity index (χ4n) is 0.985. The average Bonchev–Trinajstić information content (AvgIpc) is 1.90. The fraction of sp³-hybridized carbons (Fsp3) is 0.429. The SMILES string of the molecule is Brc1cnc(N2CCC2)nc1. The third-order valence-electron chi connectivity index (χ3n) is 1.75. The van der Waals surface area contributed by atoms with E-state index in [0.29, 0.717) is 0 Å². The predicted octanol–water partition coefficient (Wildman–Crippen LogP) is 1.45. The Labute approximate surface area is 73.6 Å². The van der Waals surface area contributed by atoms with E-state index in [2.05, 4.69) is 30.8 Å². The number of halogens is 1. The highest BCUT2D eigenvalue weighted by atomic mass is 79.9. The van der Waals surface area contributed by atoms with E-state index >= 15 is 0 Å². The molecule has 2 rings (SSSR count). The van der Waals surface area contributed by atoms with Gasteiger partial charge in [-0.25, -0.2) is 9.97 Å². The lowest BCUT2D eigenvalue weighted by atomic mass is 10.2. The molecule has 0 atom stereocenters. The summed E-state index contributed by atoms with van der Waals surface area (Å²) in [5.74, 6) is 0.847. The van der Waals surface area contributed by atoms with Crippen molar-refractivity contribution in [3.63, 3.8) is 0 Å². The van der Waals surface area contributed by atoms with E-state index in [0.717, 1.165) is 23.5 Å². The summed E-state index contributed by atoms with van der Waals surface area (Å²) < 4.78 is 0.932. The van der Waals surface area contributed by atoms with Gasteiger partial charge in [-0.1, -0.05) is 0 Å². The second-order valence-corrected chi connectivity index (χ2v) is 3.46. The molecule has 1 saturated heterocycles. The van der Waals surface area contributed by atoms with Gasteiger partial charge in [0.1, 0.15) is 0 Å². The minimum atomic E-state index is 0.847. The molecule has 0 radical (unpaired) electrons. The van der Waals surface area contributed by atoms with Crippen molar-refractivity contribution in [1.82, 2.24) is 9.97 Å². The summed E-state index contributed by atoms with van der Waals surface area (Å²) in [7, 11) is 0. The van der Waals surface area contributed by atoms with Crippen LogP contribution >= 0.6 is 15.9 Å². The van der Waals surface area contributed by atoms with Gasteiger partial charge in [-0.05, 0) is 22.4 Å². The number of rotatable bonds is 1. The molecule has 0 aromatic carbocycles. The first-order valence-corrected chi connectivity index (χ1v) is 4.38. The number of nitrogens with zero attached hydrogens (tertiary/aromatic N) is 3. The third-order valence-corrected chi connectivity index (χ3v) is 2.16. The van der Waals surface area contributed by atoms with Gasteiger partial charge in [0.05, 0.1) is 4.47 Å². The van der Waals surface area contributed by atoms with Gasteiger partial charge < -0.3 is 4.90 Å². The third kappa shape index (κ3) is 1.35. The first-order chi connectivity index (χ1) is 5.36. The maximum absolute atomic E-state index is 4.17. The zero-order valence-corrected chi connectivity index (χ0v) is 7.58. The van der Waals surface area contributed by atoms with Crippen molar-refractivity contribution in [3.8, 4) is 0 Å². The highest BCUT2D eigenvalue weighted by Crippen LogP contribution is 2.15. The molecule has 0 N–H and O–H groups in total. The number of hydrogen-bond acceptors (Lipinski definition) is 3. The molecule has 0 spiro atoms. The molecule has 1 fully saturated rings. The van der Waals surface area contributed by atoms with Gasteiger partial charge in [0.25, 0.3) is 0 Å². The molecule has 0 aliphatic carbocycles. The van der Waals surface area contributed by atoms with Gasteiger partial charge in [-0.2, -0.15) is 0 Å². The van der Waals surface area contributed by atoms with Gasteiger partial charge in [0.15, 0.2) is 0 Å². The Morgan fingerprint density at radius 2 is 1.91 bits per heavy atom. The molecule has 1 aromatic heterocycles. The van der Waals surface area contributed by atoms with E-state index in [1.807, 2.05) is 0 Å². The molecular weight excluding hydrogens is 206 g/mol. The molecule has 1 aromatic rings. The zero-order chi connectivity index (χ0) is 7.68. The average molecular weight is 214 g/mol. The Morgan fingerprint density at radius 1 is 1.27 bits per heavy atom. The molecule has 2 heterocycles. The van der Waals surface area contributed by atoms with Crippen molar-refractivity contribution >= 4 is 21.9 Å². The van der Waals surface area contributed by atoms with Crippen LogP contribution in [-0.4, -0.2) is 23.1 Å². The van der Waals surface area contributed by atoms with E-state index in [4.69, 9.17) is 0 Å². The monoisotopic (exact) mass is 213 g/mol. The molecule has 0 saturated carbocycles. The quantitative estimate of drug-likeness (QED) is 0.708. The summed E-state index contributed by atoms with van der Waals surface area (Å²) in [6.45, 7) is 2.20. The summed E-state index contributed by atoms with van der Waals surface area (Å²) in [5.41, 5.74) is 0. The van der Waals surface area contributed by atoms with Crippen LogP contribution in [0.15, 0.2) is 16.9 Å². The van der Waals surface area contributed by atoms with Crippen molar-refractivity contribution in [1.29, 1.82) is 0 Å². The Bertz CT molecular complexity index is 242. The van der Waals surface area contributed by atoms with Crippen molar-refractivity contribution in [2.75, 3.05) is 18.0 Å². The highest BCUT2D eigenvalue weighted by molar-refractivity contribution is 9.10. The van der Waals surface area contributed by atoms with Crippen molar-refractivity contribution in [2.45, 2.75) is 6.42 Å². The van der Waals surface area contributed by atoms with Gasteiger partial charge >= 0.3 is 0 Å². The lowest BCUT2D eigenvalue weighted by Crippen LogP contribution is -2.38. The largest absolute Gasteiger partial charge is 0.341 e. The summed E-state index contributed by atoms with van der Waals surface area (Å²) in [5, 5.41) is 0. The molecule has 58 valence electrons. The molecule has 0 unspecified atom stereocenters. The summed E-state index contributed by atoms with van der Waals surface area (Å²) in [6, 6.07) is 0. The zero-order valence-electron chi connectivity index (χ0n) is 6.00. The Hall–Kier alpha value is -0.640. The van der Waals surface area contributed by atoms with E-state index in [1.165, 1.54) is 6.42 Å². The van der Waals surface area contributed by atoms with Crippen LogP contribution in [0.25, 0.3) is 0 Å². The van der Waals surface area contributed by atoms with E-state index in [-0.39, 0.29) is 0 Å². The lowest BCUT2D eigenvalue weighted by molar-refractivity contribution is 0.600. The second kappa shape index (κ2) is 2.77. The highest BCUT2D eigenvalue weighted by Gasteiger charge is 2.15. The summed E-state index contributed by atoms with van der Waals surface area (Å²) in [6.07, 6.45) is 4.82. The molecule has 0 bridgehead atoms. The number of anilines is 1. The number of hydrogen-bond donors (Lipinski definition) is 0. The normalized spacial score (nSPS) is 16.3. The first-order valence-electron chi connectivity index (χ1n) is 3.59. The smallest absolute Gasteiger partial charge is 0.225 e. The van der Waals surface area contributed by atoms with Crippen molar-refractivity contribution < 1.29 is 0 Å². The van der Waals surface area contributed by atoms with E-state index < -0.39 is 0 Å². The lowest BCUT2D eigenvalue weighted by Gasteiger charge is -2.30. The van der Waals surface area contributed by atoms with Crippen LogP contribution in [0.3, 0.4) is 0 Å². The van der Waals surface area contributed by atoms with Crippen molar-refractivity contribution in [2.24, 2.45) is 0 Å². The van der Waals surface area contributed by atoms with Gasteiger partial charge in [0.2, 0.25) is 5.95 Å². The molecule has 4 heteroatoms. The minimum absolute atomic E-state index is 0.847. The Kier molecular flexibility index (Phi) is 1.77. The molecule has 1 aliphatic heterocycles. The summed E-state index contributed by atoms with van der Waals surface area (Å²) in [4.78, 5) is 10.5. The van der Waals surface area contributed by atoms with E-state index in [9.17, 15) is 0 Å². The molecular formula is C7H8BrN3. The Balaban J connectivity index is 2.18. The molecule has 3 nitrogen and oxygen atoms in total. The molecule has 1 aliphatic rings. The Morgan fingerprint density at radius 3 is 2.36 bits per heavy atom. The molecule has 0 amide bonds. The first kappa shape index (κ1) is 7.03. The van der Waals surface area contributed by atoms with Crippen LogP contribution in [0.5, 0.6) is 0 Å². The van der Waals surface area contributed by atoms with Gasteiger partial charge in [-0.15, -0.1) is 0 Å². The van der Waals surface area contributed by atoms with Crippen LogP contribution in [-0.2, 0) is 0 Å². The van der Waals surface area contributed by atoms with Crippen LogP contribution in [0, 0.1) is 0 Å². The van der Waals surface area contributed by atoms with E-state index in [1.54, 1.807) is 12.4 Å². The summed E-state index contributed by atoms with van der Waals surface area (Å²) >= 11 is 3.29.